The van der Waals surface area contributed by atoms with Gasteiger partial charge in [0.05, 0.1) is 29.6 Å². The van der Waals surface area contributed by atoms with Gasteiger partial charge < -0.3 is 34.5 Å². The molecule has 0 aliphatic heterocycles. The van der Waals surface area contributed by atoms with Crippen molar-refractivity contribution in [1.29, 1.82) is 0 Å². The molecule has 107 heavy (non-hydrogen) atoms. The van der Waals surface area contributed by atoms with Crippen LogP contribution in [0.15, 0.2) is 277 Å². The van der Waals surface area contributed by atoms with Gasteiger partial charge in [0.2, 0.25) is 0 Å². The Kier molecular flexibility index (Phi) is 83.3. The van der Waals surface area contributed by atoms with Crippen molar-refractivity contribution in [2.24, 2.45) is 29.6 Å². The van der Waals surface area contributed by atoms with E-state index in [0.29, 0.717) is 12.5 Å². The fraction of sp³-hybridized carbons (Fsp3) is 0.391. The molecule has 0 radical (unpaired) electrons. The van der Waals surface area contributed by atoms with Crippen LogP contribution in [0.2, 0.25) is 0 Å². The highest BCUT2D eigenvalue weighted by atomic mass is 19.2. The summed E-state index contributed by atoms with van der Waals surface area (Å²) in [7, 11) is 0. The molecule has 3 aliphatic carbocycles. The molecule has 0 amide bonds. The van der Waals surface area contributed by atoms with Crippen molar-refractivity contribution in [3.63, 3.8) is 0 Å². The number of hydrogen-bond donors (Lipinski definition) is 3. The van der Waals surface area contributed by atoms with Gasteiger partial charge in [-0.15, -0.1) is 0 Å². The summed E-state index contributed by atoms with van der Waals surface area (Å²) in [6.07, 6.45) is 27.1. The van der Waals surface area contributed by atoms with E-state index in [2.05, 4.69) is 84.4 Å². The molecule has 20 heteroatoms. The molecule has 3 fully saturated rings. The van der Waals surface area contributed by atoms with Crippen molar-refractivity contribution in [3.8, 4) is 0 Å². The lowest BCUT2D eigenvalue weighted by molar-refractivity contribution is -0.384. The number of rotatable bonds is 2. The van der Waals surface area contributed by atoms with E-state index in [1.165, 1.54) is 157 Å². The maximum absolute atomic E-state index is 11.9. The number of benzene rings is 6. The number of hydrogen-bond acceptors (Lipinski definition) is 12. The minimum Gasteiger partial charge on any atom is -0.452 e. The SMILES string of the molecule is CC(C)=O.CC(C)C.CC(C)C.CC(C)CO.CC(C)O.CC1CCC1.CC1CCCC1.Cc1ccno1.Fc1cccc(F)c1.Fc1ccccc1.Fc1ccccc1F.Fc1cccnc1.O.O=[N+]([O-])c1ccccc1.OC1CCCC1.[HH].c1ccccc1.c1ccccc1.c1ccncc1.c1cocn1. The number of non-ortho nitro benzene ring substituents is 1. The van der Waals surface area contributed by atoms with E-state index in [0.717, 1.165) is 60.5 Å². The molecule has 14 nitrogen and oxygen atoms in total. The largest absolute Gasteiger partial charge is 0.452 e. The highest BCUT2D eigenvalue weighted by molar-refractivity contribution is 5.72. The van der Waals surface area contributed by atoms with E-state index in [1.54, 1.807) is 87.2 Å². The molecular weight excluding hydrogens is 1370 g/mol. The van der Waals surface area contributed by atoms with E-state index in [1.807, 2.05) is 112 Å². The lowest BCUT2D eigenvalue weighted by Crippen LogP contribution is -2.04. The van der Waals surface area contributed by atoms with Crippen LogP contribution < -0.4 is 0 Å². The number of aromatic nitrogens is 4. The predicted molar refractivity (Wildman–Crippen MR) is 429 cm³/mol. The van der Waals surface area contributed by atoms with Gasteiger partial charge in [-0.3, -0.25) is 20.1 Å². The number of pyridine rings is 2. The molecule has 0 spiro atoms. The fourth-order valence-electron chi connectivity index (χ4n) is 6.39. The summed E-state index contributed by atoms with van der Waals surface area (Å²) in [5.74, 6) is 2.10. The van der Waals surface area contributed by atoms with Gasteiger partial charge in [0.1, 0.15) is 41.1 Å². The standard InChI is InChI=1S/2C6H4F2.C6H5F.C6H5NO2.C6H12.2C6H6.C5H4FN.C5H5N.C5H10O.C5H10.C4H5NO.C4H10O.2C4H10.C3H3NO.C3H8O.C3H6O.H2O.H2/c7-5-2-1-3-6(8)4-5;7-5-3-1-2-4-6(5)8;7-6-4-2-1-3-5-6;8-7(9)6-4-2-1-3-5-6;1-6-4-2-3-5-6;2*1-2-4-6-5-3-1;6-5-2-1-3-7-4-5;1-2-4-6-5-3-1;6-5-3-1-2-4-5;1-5-3-2-4-5;1-4-2-3-5-6-4;1-4(2)3-5;2*1-4(2)3;1-2-5-3-4-1;2*1-3(2)4;;/h2*1-4H;1-5H;1-5H;6H,2-5H2,1H3;2*1-6H;1-4H;1-5H;5-6H,1-4H2;5H,2-4H2,1H3;2-3H,1H3;4-5H,3H2,1-2H3;2*4H,1-3H3;1-3H;3-4H,1-2H3;1-2H3;1H2;1H. The molecular formula is C87H127F6N5O9. The number of para-hydroxylation sites is 1. The van der Waals surface area contributed by atoms with Crippen molar-refractivity contribution in [2.45, 2.75) is 187 Å². The number of halogens is 6. The third-order valence-electron chi connectivity index (χ3n) is 11.5. The van der Waals surface area contributed by atoms with Gasteiger partial charge in [-0.1, -0.05) is 266 Å². The average Bonchev–Trinajstić information content (AvgIpc) is 1.07. The number of aliphatic hydroxyl groups is 3. The van der Waals surface area contributed by atoms with Crippen LogP contribution in [0.5, 0.6) is 0 Å². The molecule has 0 saturated heterocycles. The number of nitrogens with zero attached hydrogens (tertiary/aromatic N) is 5. The van der Waals surface area contributed by atoms with Crippen LogP contribution in [0.4, 0.5) is 32.0 Å². The number of ketones is 1. The molecule has 3 saturated carbocycles. The first-order chi connectivity index (χ1) is 50.5. The van der Waals surface area contributed by atoms with Crippen molar-refractivity contribution < 1.29 is 67.2 Å². The fourth-order valence-corrected chi connectivity index (χ4v) is 6.39. The Morgan fingerprint density at radius 2 is 0.832 bits per heavy atom. The molecule has 5 N–H and O–H groups in total. The van der Waals surface area contributed by atoms with Gasteiger partial charge in [-0.05, 0) is 138 Å². The number of nitro groups is 1. The van der Waals surface area contributed by atoms with Gasteiger partial charge >= 0.3 is 0 Å². The van der Waals surface area contributed by atoms with Crippen molar-refractivity contribution >= 4 is 11.5 Å². The molecule has 10 aromatic rings. The number of nitro benzene ring substituents is 1. The zero-order valence-electron chi connectivity index (χ0n) is 65.8. The minimum absolute atomic E-state index is 0. The zero-order valence-corrected chi connectivity index (χ0v) is 65.8. The lowest BCUT2D eigenvalue weighted by Gasteiger charge is -2.18. The smallest absolute Gasteiger partial charge is 0.269 e. The molecule has 6 aromatic carbocycles. The summed E-state index contributed by atoms with van der Waals surface area (Å²) in [6, 6.07) is 59.9. The summed E-state index contributed by atoms with van der Waals surface area (Å²) in [4.78, 5) is 29.9. The summed E-state index contributed by atoms with van der Waals surface area (Å²) in [5.41, 5.74) is 0.137. The van der Waals surface area contributed by atoms with Crippen LogP contribution in [-0.4, -0.2) is 70.4 Å². The maximum atomic E-state index is 11.9. The molecule has 4 aromatic heterocycles. The van der Waals surface area contributed by atoms with Gasteiger partial charge in [0, 0.05) is 57.0 Å². The van der Waals surface area contributed by atoms with E-state index < -0.39 is 28.2 Å². The Labute approximate surface area is 637 Å². The number of carbonyl (C=O) groups excluding carboxylic acids is 1. The van der Waals surface area contributed by atoms with E-state index in [4.69, 9.17) is 15.3 Å². The number of aliphatic hydroxyl groups excluding tert-OH is 3. The van der Waals surface area contributed by atoms with Crippen LogP contribution in [-0.2, 0) is 4.79 Å². The van der Waals surface area contributed by atoms with E-state index in [9.17, 15) is 41.3 Å². The predicted octanol–water partition coefficient (Wildman–Crippen LogP) is 24.0. The second-order valence-corrected chi connectivity index (χ2v) is 25.5. The van der Waals surface area contributed by atoms with Crippen LogP contribution in [0.25, 0.3) is 0 Å². The number of Topliss-reactive ketones (excluding diaryl/α,β-unsaturated/α-hetero) is 1. The van der Waals surface area contributed by atoms with Crippen molar-refractivity contribution in [3.05, 3.63) is 319 Å². The normalized spacial score (nSPS) is 11.3. The van der Waals surface area contributed by atoms with Crippen molar-refractivity contribution in [2.75, 3.05) is 6.61 Å². The summed E-state index contributed by atoms with van der Waals surface area (Å²) >= 11 is 0. The highest BCUT2D eigenvalue weighted by Crippen LogP contribution is 2.24. The molecule has 3 aliphatic rings. The Morgan fingerprint density at radius 1 is 0.495 bits per heavy atom. The Bertz CT molecular complexity index is 2990. The van der Waals surface area contributed by atoms with Crippen LogP contribution in [0.3, 0.4) is 0 Å². The van der Waals surface area contributed by atoms with E-state index in [-0.39, 0.29) is 42.2 Å². The Balaban J connectivity index is -0.000000201. The van der Waals surface area contributed by atoms with Crippen LogP contribution in [0.1, 0.15) is 175 Å². The maximum Gasteiger partial charge on any atom is 0.269 e. The van der Waals surface area contributed by atoms with Gasteiger partial charge in [0.25, 0.3) is 5.69 Å². The van der Waals surface area contributed by atoms with Crippen LogP contribution >= 0.6 is 0 Å². The first-order valence-electron chi connectivity index (χ1n) is 35.7. The topological polar surface area (TPSA) is 230 Å². The molecule has 596 valence electrons. The van der Waals surface area contributed by atoms with Gasteiger partial charge in [-0.25, -0.2) is 31.3 Å². The Morgan fingerprint density at radius 3 is 0.981 bits per heavy atom. The second-order valence-electron chi connectivity index (χ2n) is 25.5. The first-order valence-corrected chi connectivity index (χ1v) is 35.7. The van der Waals surface area contributed by atoms with E-state index >= 15 is 0 Å². The zero-order chi connectivity index (χ0) is 80.7. The lowest BCUT2D eigenvalue weighted by atomic mass is 9.88. The number of carbonyl (C=O) groups is 1. The molecule has 4 heterocycles. The monoisotopic (exact) mass is 1500 g/mol. The summed E-state index contributed by atoms with van der Waals surface area (Å²) in [6.45, 7) is 30.3. The molecule has 0 unspecified atom stereocenters. The minimum atomic E-state index is -0.799. The summed E-state index contributed by atoms with van der Waals surface area (Å²) in [5, 5.41) is 38.4. The van der Waals surface area contributed by atoms with Crippen LogP contribution in [0, 0.1) is 81.5 Å². The van der Waals surface area contributed by atoms with Gasteiger partial charge in [0.15, 0.2) is 18.0 Å². The van der Waals surface area contributed by atoms with Gasteiger partial charge in [-0.2, -0.15) is 0 Å². The third-order valence-corrected chi connectivity index (χ3v) is 11.5. The quantitative estimate of drug-likeness (QED) is 0.0834. The highest BCUT2D eigenvalue weighted by Gasteiger charge is 2.10. The Hall–Kier alpha value is -9.47. The molecule has 0 atom stereocenters. The molecule has 13 rings (SSSR count). The first kappa shape index (κ1) is 108. The third kappa shape index (κ3) is 103. The van der Waals surface area contributed by atoms with Crippen molar-refractivity contribution in [1.82, 2.24) is 20.1 Å². The number of aryl methyl sites for hydroxylation is 1. The average molecular weight is 1500 g/mol. The second kappa shape index (κ2) is 82.2. The molecule has 0 bridgehead atoms. The number of oxazole rings is 1. The summed E-state index contributed by atoms with van der Waals surface area (Å²) < 4.78 is 80.5.